The summed E-state index contributed by atoms with van der Waals surface area (Å²) < 4.78 is 0. The molecule has 12 N–H and O–H groups in total. The molecule has 0 aromatic carbocycles. The summed E-state index contributed by atoms with van der Waals surface area (Å²) >= 11 is 0. The highest BCUT2D eigenvalue weighted by Crippen LogP contribution is 1.77. The molecule has 0 saturated heterocycles. The average molecular weight is 252 g/mol. The second-order valence-electron chi connectivity index (χ2n) is 3.15. The number of rotatable bonds is 7. The van der Waals surface area contributed by atoms with Gasteiger partial charge < -0.3 is 34.4 Å². The maximum atomic E-state index is 5.16. The van der Waals surface area contributed by atoms with E-state index in [2.05, 4.69) is 0 Å². The van der Waals surface area contributed by atoms with Crippen LogP contribution in [0.15, 0.2) is 0 Å². The van der Waals surface area contributed by atoms with E-state index in [0.29, 0.717) is 0 Å². The van der Waals surface area contributed by atoms with E-state index < -0.39 is 0 Å². The topological polar surface area (TPSA) is 156 Å². The summed E-state index contributed by atoms with van der Waals surface area (Å²) in [6, 6.07) is 0. The van der Waals surface area contributed by atoms with Crippen LogP contribution in [0.4, 0.5) is 0 Å². The maximum absolute atomic E-state index is 5.16. The fourth-order valence-corrected chi connectivity index (χ4v) is 0.524. The van der Waals surface area contributed by atoms with E-state index in [1.54, 1.807) is 0 Å². The lowest BCUT2D eigenvalue weighted by molar-refractivity contribution is 0.755. The molecule has 0 aromatic heterocycles. The largest absolute Gasteiger partial charge is 0.330 e. The second-order valence-corrected chi connectivity index (χ2v) is 3.15. The Labute approximate surface area is 107 Å². The number of hydrogen-bond acceptors (Lipinski definition) is 6. The predicted molar refractivity (Wildman–Crippen MR) is 79.5 cm³/mol. The number of nitrogens with two attached hydrogens (primary N) is 6. The summed E-state index contributed by atoms with van der Waals surface area (Å²) in [5.74, 6) is 0. The normalized spacial score (nSPS) is 8.12. The third-order valence-corrected chi connectivity index (χ3v) is 1.47. The van der Waals surface area contributed by atoms with E-state index in [9.17, 15) is 0 Å². The molecule has 0 aliphatic rings. The van der Waals surface area contributed by atoms with Gasteiger partial charge >= 0.3 is 0 Å². The van der Waals surface area contributed by atoms with Gasteiger partial charge in [0.15, 0.2) is 0 Å². The van der Waals surface area contributed by atoms with Crippen LogP contribution in [0.1, 0.15) is 33.1 Å². The molecule has 0 atom stereocenters. The molecule has 110 valence electrons. The first-order chi connectivity index (χ1) is 7.74. The molecule has 0 saturated carbocycles. The molecular formula is C11H36N6. The third-order valence-electron chi connectivity index (χ3n) is 1.47. The van der Waals surface area contributed by atoms with Crippen LogP contribution in [0, 0.1) is 0 Å². The lowest BCUT2D eigenvalue weighted by atomic mass is 10.3. The smallest absolute Gasteiger partial charge is 0.00653 e. The van der Waals surface area contributed by atoms with Crippen molar-refractivity contribution in [2.45, 2.75) is 33.1 Å². The lowest BCUT2D eigenvalue weighted by Crippen LogP contribution is -2.06. The molecule has 0 amide bonds. The van der Waals surface area contributed by atoms with Crippen LogP contribution in [0.25, 0.3) is 0 Å². The first-order valence-electron chi connectivity index (χ1n) is 5.95. The number of unbranched alkanes of at least 4 members (excludes halogenated alkanes) is 1. The van der Waals surface area contributed by atoms with Crippen LogP contribution in [0.2, 0.25) is 0 Å². The van der Waals surface area contributed by atoms with Crippen LogP contribution in [-0.2, 0) is 0 Å². The molecule has 0 aromatic rings. The van der Waals surface area contributed by atoms with Gasteiger partial charge in [0.2, 0.25) is 0 Å². The van der Waals surface area contributed by atoms with Crippen LogP contribution in [0.3, 0.4) is 0 Å². The molecular weight excluding hydrogens is 216 g/mol. The van der Waals surface area contributed by atoms with E-state index in [4.69, 9.17) is 34.4 Å². The van der Waals surface area contributed by atoms with Crippen LogP contribution >= 0.6 is 0 Å². The predicted octanol–water partition coefficient (Wildman–Crippen LogP) is -1.09. The van der Waals surface area contributed by atoms with E-state index in [0.717, 1.165) is 65.0 Å². The van der Waals surface area contributed by atoms with E-state index in [1.807, 2.05) is 0 Å². The van der Waals surface area contributed by atoms with Crippen molar-refractivity contribution < 1.29 is 0 Å². The molecule has 0 rings (SSSR count). The molecule has 17 heavy (non-hydrogen) atoms. The van der Waals surface area contributed by atoms with Gasteiger partial charge in [-0.25, -0.2) is 0 Å². The summed E-state index contributed by atoms with van der Waals surface area (Å²) in [6.07, 6.45) is 4.02. The molecule has 0 fully saturated rings. The van der Waals surface area contributed by atoms with Gasteiger partial charge in [-0.1, -0.05) is 7.43 Å². The van der Waals surface area contributed by atoms with Gasteiger partial charge in [-0.2, -0.15) is 0 Å². The van der Waals surface area contributed by atoms with Gasteiger partial charge in [-0.05, 0) is 65.0 Å². The molecule has 0 heterocycles. The molecule has 0 aliphatic carbocycles. The standard InChI is InChI=1S/C4H12N2.2C3H10N2.CH4/c5-3-1-2-4-6;2*4-2-1-3-5;/h1-6H2;2*1-5H2;1H4. The summed E-state index contributed by atoms with van der Waals surface area (Å²) in [5, 5.41) is 0. The van der Waals surface area contributed by atoms with Crippen molar-refractivity contribution in [3.05, 3.63) is 0 Å². The fourth-order valence-electron chi connectivity index (χ4n) is 0.524. The molecule has 0 spiro atoms. The average Bonchev–Trinajstić information content (AvgIpc) is 2.30. The summed E-state index contributed by atoms with van der Waals surface area (Å²) in [7, 11) is 0. The Bertz CT molecular complexity index is 68.4. The third kappa shape index (κ3) is 65.3. The van der Waals surface area contributed by atoms with Crippen LogP contribution in [-0.4, -0.2) is 39.3 Å². The van der Waals surface area contributed by atoms with E-state index >= 15 is 0 Å². The number of hydrogen-bond donors (Lipinski definition) is 6. The van der Waals surface area contributed by atoms with Gasteiger partial charge in [0, 0.05) is 0 Å². The Morgan fingerprint density at radius 1 is 0.353 bits per heavy atom. The maximum Gasteiger partial charge on any atom is -0.00653 e. The Balaban J connectivity index is -0.0000000729. The van der Waals surface area contributed by atoms with Gasteiger partial charge in [0.1, 0.15) is 0 Å². The van der Waals surface area contributed by atoms with Crippen molar-refractivity contribution >= 4 is 0 Å². The monoisotopic (exact) mass is 252 g/mol. The van der Waals surface area contributed by atoms with Gasteiger partial charge in [0.05, 0.1) is 0 Å². The van der Waals surface area contributed by atoms with Crippen molar-refractivity contribution in [1.29, 1.82) is 0 Å². The highest BCUT2D eigenvalue weighted by molar-refractivity contribution is 4.38. The highest BCUT2D eigenvalue weighted by atomic mass is 14.6. The zero-order chi connectivity index (χ0) is 13.1. The molecule has 0 bridgehead atoms. The molecule has 6 heteroatoms. The zero-order valence-corrected chi connectivity index (χ0v) is 10.5. The second kappa shape index (κ2) is 36.0. The van der Waals surface area contributed by atoms with Crippen molar-refractivity contribution in [2.75, 3.05) is 39.3 Å². The van der Waals surface area contributed by atoms with Gasteiger partial charge in [-0.15, -0.1) is 0 Å². The van der Waals surface area contributed by atoms with Crippen molar-refractivity contribution in [3.63, 3.8) is 0 Å². The van der Waals surface area contributed by atoms with Gasteiger partial charge in [-0.3, -0.25) is 0 Å². The SMILES string of the molecule is C.NCCCCN.NCCCN.NCCCN. The Kier molecular flexibility index (Phi) is 54.2. The quantitative estimate of drug-likeness (QED) is 0.316. The Morgan fingerprint density at radius 3 is 0.588 bits per heavy atom. The van der Waals surface area contributed by atoms with Crippen molar-refractivity contribution in [3.8, 4) is 0 Å². The van der Waals surface area contributed by atoms with Crippen molar-refractivity contribution in [2.24, 2.45) is 34.4 Å². The van der Waals surface area contributed by atoms with Crippen LogP contribution in [0.5, 0.6) is 0 Å². The highest BCUT2D eigenvalue weighted by Gasteiger charge is 1.75. The fraction of sp³-hybridized carbons (Fsp3) is 1.00. The zero-order valence-electron chi connectivity index (χ0n) is 10.5. The van der Waals surface area contributed by atoms with Crippen molar-refractivity contribution in [1.82, 2.24) is 0 Å². The summed E-state index contributed by atoms with van der Waals surface area (Å²) in [4.78, 5) is 0. The lowest BCUT2D eigenvalue weighted by Gasteiger charge is -1.87. The van der Waals surface area contributed by atoms with E-state index in [1.165, 1.54) is 0 Å². The Hall–Kier alpha value is -0.240. The minimum Gasteiger partial charge on any atom is -0.330 e. The molecule has 0 aliphatic heterocycles. The summed E-state index contributed by atoms with van der Waals surface area (Å²) in [5.41, 5.74) is 30.6. The first kappa shape index (κ1) is 25.6. The van der Waals surface area contributed by atoms with Gasteiger partial charge in [0.25, 0.3) is 0 Å². The van der Waals surface area contributed by atoms with Crippen LogP contribution < -0.4 is 34.4 Å². The molecule has 0 radical (unpaired) electrons. The first-order valence-corrected chi connectivity index (χ1v) is 5.95. The minimum absolute atomic E-state index is 0. The minimum atomic E-state index is 0. The molecule has 0 unspecified atom stereocenters. The summed E-state index contributed by atoms with van der Waals surface area (Å²) in [6.45, 7) is 4.42. The van der Waals surface area contributed by atoms with E-state index in [-0.39, 0.29) is 7.43 Å². The molecule has 6 nitrogen and oxygen atoms in total. The Morgan fingerprint density at radius 2 is 0.529 bits per heavy atom.